The molecule has 0 aliphatic carbocycles. The van der Waals surface area contributed by atoms with Gasteiger partial charge < -0.3 is 36.4 Å². The summed E-state index contributed by atoms with van der Waals surface area (Å²) in [6, 6.07) is 10.2. The van der Waals surface area contributed by atoms with Crippen LogP contribution in [-0.2, 0) is 39.8 Å². The second kappa shape index (κ2) is 19.2. The van der Waals surface area contributed by atoms with Gasteiger partial charge in [-0.1, -0.05) is 56.3 Å². The number of phosphoric ester groups is 1. The summed E-state index contributed by atoms with van der Waals surface area (Å²) >= 11 is 0. The molecule has 0 aromatic heterocycles. The van der Waals surface area contributed by atoms with Gasteiger partial charge >= 0.3 is 7.82 Å². The number of carbonyl (C=O) groups is 6. The third-order valence-electron chi connectivity index (χ3n) is 8.41. The highest BCUT2D eigenvalue weighted by molar-refractivity contribution is 7.46. The van der Waals surface area contributed by atoms with Gasteiger partial charge in [0.1, 0.15) is 29.9 Å². The lowest BCUT2D eigenvalue weighted by molar-refractivity contribution is -0.142. The highest BCUT2D eigenvalue weighted by Gasteiger charge is 2.39. The number of amides is 6. The van der Waals surface area contributed by atoms with Gasteiger partial charge in [0, 0.05) is 26.3 Å². The van der Waals surface area contributed by atoms with Crippen LogP contribution in [0.2, 0.25) is 0 Å². The average Bonchev–Trinajstić information content (AvgIpc) is 3.56. The van der Waals surface area contributed by atoms with Crippen LogP contribution < -0.4 is 31.5 Å². The van der Waals surface area contributed by atoms with Crippen molar-refractivity contribution in [2.24, 2.45) is 11.7 Å². The first-order chi connectivity index (χ1) is 24.4. The molecule has 0 saturated carbocycles. The summed E-state index contributed by atoms with van der Waals surface area (Å²) in [5.41, 5.74) is 6.72. The van der Waals surface area contributed by atoms with Crippen LogP contribution in [0.4, 0.5) is 0 Å². The number of nitrogens with two attached hydrogens (primary N) is 1. The van der Waals surface area contributed by atoms with E-state index in [1.165, 1.54) is 36.1 Å². The lowest BCUT2D eigenvalue weighted by atomic mass is 10.00. The number of benzene rings is 2. The van der Waals surface area contributed by atoms with Crippen molar-refractivity contribution in [2.45, 2.75) is 96.4 Å². The van der Waals surface area contributed by atoms with Gasteiger partial charge in [0.2, 0.25) is 35.4 Å². The standard InChI is InChI=1S/C35H49N6O10P/c1-21(2)19-29(40-33(45)28(38-23(4)42)20-24-12-14-26(15-13-24)51-52(48,49)50)35(47)41-18-8-11-30(41)34(46)39-27(16-17-31(36)43)32(44)37-22(3)25-9-6-5-7-10-25/h5-7,9-10,12-15,21-22,27-30H,8,11,16-20H2,1-4H3,(H2,36,43)(H,37,44)(H,38,42)(H,39,46)(H,40,45)(H2,48,49,50)/t22-,27-,28-,29-,30-/m0/s1. The molecule has 1 aliphatic heterocycles. The van der Waals surface area contributed by atoms with Crippen molar-refractivity contribution in [3.63, 3.8) is 0 Å². The molecule has 16 nitrogen and oxygen atoms in total. The Morgan fingerprint density at radius 2 is 1.52 bits per heavy atom. The molecule has 0 spiro atoms. The first-order valence-corrected chi connectivity index (χ1v) is 18.6. The average molecular weight is 745 g/mol. The quantitative estimate of drug-likeness (QED) is 0.108. The van der Waals surface area contributed by atoms with Gasteiger partial charge in [0.05, 0.1) is 6.04 Å². The Labute approximate surface area is 302 Å². The van der Waals surface area contributed by atoms with Crippen LogP contribution in [0.5, 0.6) is 5.75 Å². The normalized spacial score (nSPS) is 16.6. The summed E-state index contributed by atoms with van der Waals surface area (Å²) in [6.45, 7) is 6.98. The summed E-state index contributed by atoms with van der Waals surface area (Å²) in [6.07, 6.45) is 0.792. The lowest BCUT2D eigenvalue weighted by Gasteiger charge is -2.31. The van der Waals surface area contributed by atoms with Gasteiger partial charge in [0.15, 0.2) is 0 Å². The van der Waals surface area contributed by atoms with E-state index in [1.54, 1.807) is 6.92 Å². The fourth-order valence-electron chi connectivity index (χ4n) is 5.94. The molecular formula is C35H49N6O10P. The Morgan fingerprint density at radius 1 is 0.885 bits per heavy atom. The van der Waals surface area contributed by atoms with Crippen LogP contribution in [0.3, 0.4) is 0 Å². The van der Waals surface area contributed by atoms with Gasteiger partial charge in [0.25, 0.3) is 0 Å². The number of hydrogen-bond donors (Lipinski definition) is 7. The van der Waals surface area contributed by atoms with Crippen LogP contribution in [0.15, 0.2) is 54.6 Å². The van der Waals surface area contributed by atoms with Crippen LogP contribution in [-0.4, -0.2) is 80.8 Å². The summed E-state index contributed by atoms with van der Waals surface area (Å²) in [5.74, 6) is -3.55. The van der Waals surface area contributed by atoms with Crippen molar-refractivity contribution in [1.82, 2.24) is 26.2 Å². The van der Waals surface area contributed by atoms with E-state index < -0.39 is 73.5 Å². The van der Waals surface area contributed by atoms with E-state index in [9.17, 15) is 33.3 Å². The van der Waals surface area contributed by atoms with Gasteiger partial charge in [-0.2, -0.15) is 0 Å². The molecule has 17 heteroatoms. The Kier molecular flexibility index (Phi) is 15.3. The number of rotatable bonds is 18. The first-order valence-electron chi connectivity index (χ1n) is 17.1. The summed E-state index contributed by atoms with van der Waals surface area (Å²) < 4.78 is 15.7. The van der Waals surface area contributed by atoms with Gasteiger partial charge in [-0.3, -0.25) is 38.6 Å². The fraction of sp³-hybridized carbons (Fsp3) is 0.486. The summed E-state index contributed by atoms with van der Waals surface area (Å²) in [7, 11) is -4.77. The maximum atomic E-state index is 14.0. The minimum atomic E-state index is -4.77. The summed E-state index contributed by atoms with van der Waals surface area (Å²) in [4.78, 5) is 97.8. The number of nitrogens with zero attached hydrogens (tertiary/aromatic N) is 1. The molecule has 1 fully saturated rings. The maximum Gasteiger partial charge on any atom is 0.524 e. The van der Waals surface area contributed by atoms with Crippen molar-refractivity contribution in [3.8, 4) is 5.75 Å². The van der Waals surface area contributed by atoms with Crippen molar-refractivity contribution in [3.05, 3.63) is 65.7 Å². The van der Waals surface area contributed by atoms with Gasteiger partial charge in [-0.15, -0.1) is 0 Å². The Morgan fingerprint density at radius 3 is 2.10 bits per heavy atom. The van der Waals surface area contributed by atoms with Crippen LogP contribution in [0.1, 0.15) is 77.0 Å². The summed E-state index contributed by atoms with van der Waals surface area (Å²) in [5, 5.41) is 10.9. The molecule has 0 bridgehead atoms. The van der Waals surface area contributed by atoms with E-state index in [2.05, 4.69) is 25.8 Å². The maximum absolute atomic E-state index is 14.0. The number of primary amides is 1. The van der Waals surface area contributed by atoms with E-state index in [0.717, 1.165) is 5.56 Å². The highest BCUT2D eigenvalue weighted by atomic mass is 31.2. The predicted octanol–water partition coefficient (Wildman–Crippen LogP) is 1.35. The topological polar surface area (TPSA) is 247 Å². The molecule has 2 aromatic rings. The smallest absolute Gasteiger partial charge is 0.404 e. The van der Waals surface area contributed by atoms with Crippen molar-refractivity contribution in [1.29, 1.82) is 0 Å². The van der Waals surface area contributed by atoms with Crippen molar-refractivity contribution in [2.75, 3.05) is 6.54 Å². The fourth-order valence-corrected chi connectivity index (χ4v) is 6.34. The Hall–Kier alpha value is -4.79. The predicted molar refractivity (Wildman–Crippen MR) is 190 cm³/mol. The number of hydrogen-bond acceptors (Lipinski definition) is 8. The zero-order chi connectivity index (χ0) is 38.6. The molecule has 0 radical (unpaired) electrons. The molecule has 1 aliphatic rings. The number of phosphoric acid groups is 1. The second-order valence-electron chi connectivity index (χ2n) is 13.3. The molecule has 0 unspecified atom stereocenters. The molecule has 6 amide bonds. The number of carbonyl (C=O) groups excluding carboxylic acids is 6. The van der Waals surface area contributed by atoms with Gasteiger partial charge in [-0.05, 0) is 61.8 Å². The molecular weight excluding hydrogens is 695 g/mol. The molecule has 52 heavy (non-hydrogen) atoms. The van der Waals surface area contributed by atoms with Crippen LogP contribution >= 0.6 is 7.82 Å². The van der Waals surface area contributed by atoms with Gasteiger partial charge in [-0.25, -0.2) is 4.57 Å². The third-order valence-corrected chi connectivity index (χ3v) is 8.86. The van der Waals surface area contributed by atoms with E-state index in [4.69, 9.17) is 15.5 Å². The first kappa shape index (κ1) is 41.6. The SMILES string of the molecule is CC(=O)N[C@@H](Cc1ccc(OP(=O)(O)O)cc1)C(=O)N[C@@H](CC(C)C)C(=O)N1CCC[C@H]1C(=O)N[C@@H](CCC(N)=O)C(=O)N[C@@H](C)c1ccccc1. The minimum Gasteiger partial charge on any atom is -0.404 e. The van der Waals surface area contributed by atoms with Crippen LogP contribution in [0.25, 0.3) is 0 Å². The van der Waals surface area contributed by atoms with Crippen LogP contribution in [0, 0.1) is 5.92 Å². The van der Waals surface area contributed by atoms with Crippen molar-refractivity contribution < 1.29 is 47.6 Å². The Bertz CT molecular complexity index is 1620. The van der Waals surface area contributed by atoms with E-state index in [-0.39, 0.29) is 43.9 Å². The molecule has 1 heterocycles. The molecule has 2 aromatic carbocycles. The largest absolute Gasteiger partial charge is 0.524 e. The van der Waals surface area contributed by atoms with Crippen molar-refractivity contribution >= 4 is 43.3 Å². The van der Waals surface area contributed by atoms with E-state index >= 15 is 0 Å². The highest BCUT2D eigenvalue weighted by Crippen LogP contribution is 2.37. The third kappa shape index (κ3) is 13.4. The monoisotopic (exact) mass is 744 g/mol. The molecule has 5 atom stereocenters. The zero-order valence-corrected chi connectivity index (χ0v) is 30.6. The number of likely N-dealkylation sites (tertiary alicyclic amines) is 1. The zero-order valence-electron chi connectivity index (χ0n) is 29.7. The van der Waals surface area contributed by atoms with E-state index in [1.807, 2.05) is 44.2 Å². The second-order valence-corrected chi connectivity index (χ2v) is 14.4. The lowest BCUT2D eigenvalue weighted by Crippen LogP contribution is -2.58. The molecule has 284 valence electrons. The Balaban J connectivity index is 1.75. The molecule has 1 saturated heterocycles. The molecule has 3 rings (SSSR count). The van der Waals surface area contributed by atoms with E-state index in [0.29, 0.717) is 18.4 Å². The number of nitrogens with one attached hydrogen (secondary N) is 4. The minimum absolute atomic E-state index is 0.0173. The molecule has 8 N–H and O–H groups in total.